The van der Waals surface area contributed by atoms with Gasteiger partial charge in [0.15, 0.2) is 0 Å². The summed E-state index contributed by atoms with van der Waals surface area (Å²) in [5, 5.41) is 3.56. The van der Waals surface area contributed by atoms with E-state index in [-0.39, 0.29) is 0 Å². The lowest BCUT2D eigenvalue weighted by Gasteiger charge is -2.31. The zero-order valence-corrected chi connectivity index (χ0v) is 12.5. The van der Waals surface area contributed by atoms with Crippen LogP contribution in [-0.2, 0) is 17.8 Å². The molecular weight excluding hydrogens is 248 g/mol. The Hall–Kier alpha value is -0.900. The molecule has 0 amide bonds. The van der Waals surface area contributed by atoms with Crippen LogP contribution in [0.3, 0.4) is 0 Å². The number of ether oxygens (including phenoxy) is 1. The van der Waals surface area contributed by atoms with Crippen LogP contribution in [0.4, 0.5) is 0 Å². The van der Waals surface area contributed by atoms with Gasteiger partial charge in [-0.15, -0.1) is 0 Å². The summed E-state index contributed by atoms with van der Waals surface area (Å²) >= 11 is 0. The summed E-state index contributed by atoms with van der Waals surface area (Å²) < 4.78 is 5.43. The first-order chi connectivity index (χ1) is 9.81. The summed E-state index contributed by atoms with van der Waals surface area (Å²) in [7, 11) is 2.23. The molecule has 0 aromatic heterocycles. The second-order valence-electron chi connectivity index (χ2n) is 6.23. The maximum Gasteiger partial charge on any atom is 0.0480 e. The lowest BCUT2D eigenvalue weighted by atomic mass is 10.1. The van der Waals surface area contributed by atoms with Gasteiger partial charge in [0.1, 0.15) is 0 Å². The lowest BCUT2D eigenvalue weighted by molar-refractivity contribution is 0.0407. The Morgan fingerprint density at radius 1 is 1.05 bits per heavy atom. The molecule has 0 unspecified atom stereocenters. The predicted molar refractivity (Wildman–Crippen MR) is 81.6 cm³/mol. The van der Waals surface area contributed by atoms with Gasteiger partial charge in [-0.25, -0.2) is 0 Å². The van der Waals surface area contributed by atoms with Crippen LogP contribution in [0.2, 0.25) is 0 Å². The molecule has 0 bridgehead atoms. The highest BCUT2D eigenvalue weighted by atomic mass is 16.5. The number of nitrogens with zero attached hydrogens (tertiary/aromatic N) is 1. The largest absolute Gasteiger partial charge is 0.381 e. The van der Waals surface area contributed by atoms with Gasteiger partial charge in [-0.05, 0) is 43.9 Å². The van der Waals surface area contributed by atoms with Crippen LogP contribution in [0.25, 0.3) is 0 Å². The van der Waals surface area contributed by atoms with Crippen LogP contribution in [0.5, 0.6) is 0 Å². The van der Waals surface area contributed by atoms with Gasteiger partial charge in [0.25, 0.3) is 0 Å². The third-order valence-electron chi connectivity index (χ3n) is 4.44. The third-order valence-corrected chi connectivity index (χ3v) is 4.44. The third kappa shape index (κ3) is 4.05. The minimum absolute atomic E-state index is 0.681. The van der Waals surface area contributed by atoms with Gasteiger partial charge in [-0.2, -0.15) is 0 Å². The SMILES string of the molecule is CN(Cc1ccc(CNC2CC2)cc1)C1CCOCC1. The van der Waals surface area contributed by atoms with Crippen LogP contribution in [0, 0.1) is 0 Å². The summed E-state index contributed by atoms with van der Waals surface area (Å²) in [4.78, 5) is 2.47. The summed E-state index contributed by atoms with van der Waals surface area (Å²) in [5.41, 5.74) is 2.81. The molecule has 1 saturated heterocycles. The van der Waals surface area contributed by atoms with Crippen molar-refractivity contribution in [3.8, 4) is 0 Å². The number of hydrogen-bond donors (Lipinski definition) is 1. The zero-order chi connectivity index (χ0) is 13.8. The average Bonchev–Trinajstić information content (AvgIpc) is 3.32. The fourth-order valence-electron chi connectivity index (χ4n) is 2.86. The van der Waals surface area contributed by atoms with E-state index in [2.05, 4.69) is 41.5 Å². The Kier molecular flexibility index (Phi) is 4.71. The van der Waals surface area contributed by atoms with Gasteiger partial charge >= 0.3 is 0 Å². The summed E-state index contributed by atoms with van der Waals surface area (Å²) in [6.07, 6.45) is 5.04. The van der Waals surface area contributed by atoms with Crippen LogP contribution in [0.1, 0.15) is 36.8 Å². The maximum atomic E-state index is 5.43. The second-order valence-corrected chi connectivity index (χ2v) is 6.23. The number of benzene rings is 1. The van der Waals surface area contributed by atoms with Crippen molar-refractivity contribution in [1.82, 2.24) is 10.2 Å². The van der Waals surface area contributed by atoms with E-state index in [4.69, 9.17) is 4.74 Å². The summed E-state index contributed by atoms with van der Waals surface area (Å²) in [5.74, 6) is 0. The maximum absolute atomic E-state index is 5.43. The number of rotatable bonds is 6. The van der Waals surface area contributed by atoms with Crippen LogP contribution in [0.15, 0.2) is 24.3 Å². The van der Waals surface area contributed by atoms with Crippen molar-refractivity contribution in [3.05, 3.63) is 35.4 Å². The van der Waals surface area contributed by atoms with Crippen molar-refractivity contribution in [2.24, 2.45) is 0 Å². The first kappa shape index (κ1) is 14.1. The lowest BCUT2D eigenvalue weighted by Crippen LogP contribution is -2.36. The Morgan fingerprint density at radius 3 is 2.35 bits per heavy atom. The second kappa shape index (κ2) is 6.70. The minimum atomic E-state index is 0.681. The molecule has 0 radical (unpaired) electrons. The Bertz CT molecular complexity index is 408. The van der Waals surface area contributed by atoms with E-state index in [1.54, 1.807) is 0 Å². The van der Waals surface area contributed by atoms with E-state index >= 15 is 0 Å². The molecule has 20 heavy (non-hydrogen) atoms. The molecule has 3 rings (SSSR count). The van der Waals surface area contributed by atoms with Gasteiger partial charge in [-0.3, -0.25) is 4.90 Å². The van der Waals surface area contributed by atoms with E-state index in [1.165, 1.54) is 36.8 Å². The van der Waals surface area contributed by atoms with Crippen LogP contribution < -0.4 is 5.32 Å². The van der Waals surface area contributed by atoms with E-state index in [9.17, 15) is 0 Å². The molecule has 3 heteroatoms. The van der Waals surface area contributed by atoms with Gasteiger partial charge in [0.05, 0.1) is 0 Å². The molecular formula is C17H26N2O. The fraction of sp³-hybridized carbons (Fsp3) is 0.647. The van der Waals surface area contributed by atoms with Gasteiger partial charge < -0.3 is 10.1 Å². The molecule has 1 aromatic rings. The van der Waals surface area contributed by atoms with Gasteiger partial charge in [0, 0.05) is 38.4 Å². The van der Waals surface area contributed by atoms with Gasteiger partial charge in [-0.1, -0.05) is 24.3 Å². The van der Waals surface area contributed by atoms with E-state index in [0.29, 0.717) is 6.04 Å². The highest BCUT2D eigenvalue weighted by molar-refractivity contribution is 5.22. The molecule has 2 aliphatic rings. The van der Waals surface area contributed by atoms with Crippen molar-refractivity contribution in [2.75, 3.05) is 20.3 Å². The minimum Gasteiger partial charge on any atom is -0.381 e. The number of nitrogens with one attached hydrogen (secondary N) is 1. The van der Waals surface area contributed by atoms with Gasteiger partial charge in [0.2, 0.25) is 0 Å². The molecule has 1 N–H and O–H groups in total. The fourth-order valence-corrected chi connectivity index (χ4v) is 2.86. The molecule has 1 aromatic carbocycles. The summed E-state index contributed by atoms with van der Waals surface area (Å²) in [6.45, 7) is 3.89. The van der Waals surface area contributed by atoms with E-state index in [1.807, 2.05) is 0 Å². The molecule has 1 heterocycles. The van der Waals surface area contributed by atoms with Crippen LogP contribution in [-0.4, -0.2) is 37.2 Å². The average molecular weight is 274 g/mol. The summed E-state index contributed by atoms with van der Waals surface area (Å²) in [6, 6.07) is 10.6. The van der Waals surface area contributed by atoms with Crippen molar-refractivity contribution < 1.29 is 4.74 Å². The molecule has 1 aliphatic carbocycles. The van der Waals surface area contributed by atoms with Crippen molar-refractivity contribution >= 4 is 0 Å². The standard InChI is InChI=1S/C17H26N2O/c1-19(17-8-10-20-11-9-17)13-15-4-2-14(3-5-15)12-18-16-6-7-16/h2-5,16-18H,6-13H2,1H3. The molecule has 1 aliphatic heterocycles. The molecule has 110 valence electrons. The molecule has 0 atom stereocenters. The van der Waals surface area contributed by atoms with Crippen molar-refractivity contribution in [2.45, 2.75) is 50.9 Å². The smallest absolute Gasteiger partial charge is 0.0480 e. The number of hydrogen-bond acceptors (Lipinski definition) is 3. The van der Waals surface area contributed by atoms with Crippen molar-refractivity contribution in [3.63, 3.8) is 0 Å². The molecule has 2 fully saturated rings. The first-order valence-electron chi connectivity index (χ1n) is 7.90. The van der Waals surface area contributed by atoms with Crippen molar-refractivity contribution in [1.29, 1.82) is 0 Å². The highest BCUT2D eigenvalue weighted by Gasteiger charge is 2.20. The molecule has 1 saturated carbocycles. The van der Waals surface area contributed by atoms with Crippen LogP contribution >= 0.6 is 0 Å². The highest BCUT2D eigenvalue weighted by Crippen LogP contribution is 2.20. The van der Waals surface area contributed by atoms with E-state index < -0.39 is 0 Å². The Balaban J connectivity index is 1.48. The Labute approximate surface area is 122 Å². The Morgan fingerprint density at radius 2 is 1.70 bits per heavy atom. The quantitative estimate of drug-likeness (QED) is 0.863. The monoisotopic (exact) mass is 274 g/mol. The normalized spacial score (nSPS) is 20.5. The molecule has 0 spiro atoms. The predicted octanol–water partition coefficient (Wildman–Crippen LogP) is 2.55. The van der Waals surface area contributed by atoms with E-state index in [0.717, 1.165) is 32.3 Å². The first-order valence-corrected chi connectivity index (χ1v) is 7.90. The zero-order valence-electron chi connectivity index (χ0n) is 12.5. The topological polar surface area (TPSA) is 24.5 Å². The molecule has 3 nitrogen and oxygen atoms in total.